The molecule has 0 spiro atoms. The molecule has 0 aliphatic carbocycles. The molecule has 128 valence electrons. The summed E-state index contributed by atoms with van der Waals surface area (Å²) in [6, 6.07) is 7.94. The van der Waals surface area contributed by atoms with Crippen molar-refractivity contribution in [2.24, 2.45) is 0 Å². The molecule has 0 aliphatic rings. The van der Waals surface area contributed by atoms with Crippen LogP contribution in [0.4, 0.5) is 5.69 Å². The summed E-state index contributed by atoms with van der Waals surface area (Å²) in [5.74, 6) is 0. The van der Waals surface area contributed by atoms with Gasteiger partial charge in [0.05, 0.1) is 11.2 Å². The van der Waals surface area contributed by atoms with Crippen LogP contribution >= 0.6 is 0 Å². The standard InChI is InChI=1S/C13H11NO4.C3H7NO2/c1-9-5-6-18-13(15)12(9)8-10-3-2-4-11(7-10)14(16)17;1-4(2)6-3-5/h2-7H,8H2,1H3;3H,1-2H3. The van der Waals surface area contributed by atoms with Crippen LogP contribution in [0.1, 0.15) is 16.7 Å². The first-order valence-electron chi connectivity index (χ1n) is 6.93. The molecule has 0 aliphatic heterocycles. The van der Waals surface area contributed by atoms with E-state index in [0.717, 1.165) is 5.56 Å². The van der Waals surface area contributed by atoms with Crippen molar-refractivity contribution in [2.75, 3.05) is 14.1 Å². The van der Waals surface area contributed by atoms with Gasteiger partial charge in [0.25, 0.3) is 5.69 Å². The van der Waals surface area contributed by atoms with E-state index in [2.05, 4.69) is 4.84 Å². The topological polar surface area (TPSA) is 103 Å². The summed E-state index contributed by atoms with van der Waals surface area (Å²) in [5.41, 5.74) is 1.67. The number of nitro benzene ring substituents is 1. The Hall–Kier alpha value is -3.00. The van der Waals surface area contributed by atoms with Crippen molar-refractivity contribution in [3.05, 3.63) is 73.8 Å². The van der Waals surface area contributed by atoms with Gasteiger partial charge in [-0.05, 0) is 24.1 Å². The molecule has 2 aromatic rings. The second kappa shape index (κ2) is 9.21. The number of hydroxylamine groups is 2. The number of non-ortho nitro benzene ring substituents is 1. The van der Waals surface area contributed by atoms with Gasteiger partial charge < -0.3 is 9.25 Å². The van der Waals surface area contributed by atoms with Gasteiger partial charge in [0.1, 0.15) is 0 Å². The average molecular weight is 334 g/mol. The Morgan fingerprint density at radius 1 is 1.33 bits per heavy atom. The first-order valence-corrected chi connectivity index (χ1v) is 6.93. The zero-order valence-corrected chi connectivity index (χ0v) is 13.6. The molecule has 0 saturated heterocycles. The molecule has 0 bridgehead atoms. The molecule has 2 rings (SSSR count). The van der Waals surface area contributed by atoms with Crippen LogP contribution in [0.3, 0.4) is 0 Å². The Kier molecular flexibility index (Phi) is 7.31. The first-order chi connectivity index (χ1) is 11.3. The molecular formula is C16H18N2O6. The van der Waals surface area contributed by atoms with E-state index in [1.807, 2.05) is 6.92 Å². The van der Waals surface area contributed by atoms with Gasteiger partial charge in [-0.1, -0.05) is 12.1 Å². The summed E-state index contributed by atoms with van der Waals surface area (Å²) < 4.78 is 4.80. The van der Waals surface area contributed by atoms with E-state index in [9.17, 15) is 19.7 Å². The van der Waals surface area contributed by atoms with Crippen LogP contribution in [0.5, 0.6) is 0 Å². The highest BCUT2D eigenvalue weighted by Gasteiger charge is 2.10. The minimum Gasteiger partial charge on any atom is -0.431 e. The van der Waals surface area contributed by atoms with Crippen molar-refractivity contribution in [3.8, 4) is 0 Å². The lowest BCUT2D eigenvalue weighted by molar-refractivity contribution is -0.384. The third-order valence-corrected chi connectivity index (χ3v) is 2.97. The lowest BCUT2D eigenvalue weighted by atomic mass is 10.0. The number of nitro groups is 1. The number of carbonyl (C=O) groups is 1. The van der Waals surface area contributed by atoms with Crippen LogP contribution in [-0.4, -0.2) is 30.6 Å². The summed E-state index contributed by atoms with van der Waals surface area (Å²) in [6.45, 7) is 2.18. The van der Waals surface area contributed by atoms with Gasteiger partial charge in [-0.3, -0.25) is 14.9 Å². The number of carbonyl (C=O) groups excluding carboxylic acids is 1. The number of hydrogen-bond donors (Lipinski definition) is 0. The van der Waals surface area contributed by atoms with Crippen LogP contribution in [0.25, 0.3) is 0 Å². The maximum Gasteiger partial charge on any atom is 0.339 e. The normalized spacial score (nSPS) is 9.83. The summed E-state index contributed by atoms with van der Waals surface area (Å²) in [6.07, 6.45) is 1.67. The number of aryl methyl sites for hydroxylation is 1. The molecule has 1 aromatic heterocycles. The van der Waals surface area contributed by atoms with E-state index in [1.54, 1.807) is 32.3 Å². The largest absolute Gasteiger partial charge is 0.431 e. The fourth-order valence-corrected chi connectivity index (χ4v) is 1.81. The van der Waals surface area contributed by atoms with E-state index in [1.165, 1.54) is 23.5 Å². The highest BCUT2D eigenvalue weighted by molar-refractivity contribution is 5.37. The SMILES string of the molecule is CN(C)OC=O.Cc1ccoc(=O)c1Cc1cccc([N+](=O)[O-])c1. The van der Waals surface area contributed by atoms with Crippen LogP contribution in [-0.2, 0) is 16.1 Å². The van der Waals surface area contributed by atoms with Crippen LogP contribution in [0, 0.1) is 17.0 Å². The molecule has 1 heterocycles. The molecule has 0 amide bonds. The van der Waals surface area contributed by atoms with E-state index >= 15 is 0 Å². The lowest BCUT2D eigenvalue weighted by Gasteiger charge is -2.03. The third kappa shape index (κ3) is 6.01. The van der Waals surface area contributed by atoms with Crippen molar-refractivity contribution in [3.63, 3.8) is 0 Å². The van der Waals surface area contributed by atoms with Crippen LogP contribution < -0.4 is 5.63 Å². The maximum atomic E-state index is 11.6. The molecule has 0 saturated carbocycles. The Morgan fingerprint density at radius 3 is 2.54 bits per heavy atom. The molecule has 8 nitrogen and oxygen atoms in total. The van der Waals surface area contributed by atoms with Crippen molar-refractivity contribution in [2.45, 2.75) is 13.3 Å². The summed E-state index contributed by atoms with van der Waals surface area (Å²) in [4.78, 5) is 35.3. The highest BCUT2D eigenvalue weighted by atomic mass is 16.7. The zero-order chi connectivity index (χ0) is 18.1. The zero-order valence-electron chi connectivity index (χ0n) is 13.6. The van der Waals surface area contributed by atoms with Gasteiger partial charge in [0.15, 0.2) is 0 Å². The van der Waals surface area contributed by atoms with Gasteiger partial charge in [0.2, 0.25) is 0 Å². The Morgan fingerprint density at radius 2 is 2.04 bits per heavy atom. The van der Waals surface area contributed by atoms with E-state index in [0.29, 0.717) is 24.0 Å². The Bertz CT molecular complexity index is 754. The quantitative estimate of drug-likeness (QED) is 0.468. The Labute approximate surface area is 138 Å². The fourth-order valence-electron chi connectivity index (χ4n) is 1.81. The van der Waals surface area contributed by atoms with Crippen LogP contribution in [0.15, 0.2) is 45.8 Å². The van der Waals surface area contributed by atoms with Crippen molar-refractivity contribution in [1.82, 2.24) is 5.06 Å². The molecule has 0 N–H and O–H groups in total. The summed E-state index contributed by atoms with van der Waals surface area (Å²) >= 11 is 0. The first kappa shape index (κ1) is 19.0. The van der Waals surface area contributed by atoms with E-state index < -0.39 is 10.5 Å². The van der Waals surface area contributed by atoms with Crippen molar-refractivity contribution >= 4 is 12.2 Å². The van der Waals surface area contributed by atoms with E-state index in [4.69, 9.17) is 4.42 Å². The average Bonchev–Trinajstić information content (AvgIpc) is 2.52. The number of rotatable bonds is 5. The van der Waals surface area contributed by atoms with E-state index in [-0.39, 0.29) is 5.69 Å². The van der Waals surface area contributed by atoms with Gasteiger partial charge >= 0.3 is 12.1 Å². The lowest BCUT2D eigenvalue weighted by Crippen LogP contribution is -2.10. The molecule has 24 heavy (non-hydrogen) atoms. The smallest absolute Gasteiger partial charge is 0.339 e. The monoisotopic (exact) mass is 334 g/mol. The van der Waals surface area contributed by atoms with Crippen molar-refractivity contribution < 1.29 is 19.0 Å². The minimum atomic E-state index is -0.455. The Balaban J connectivity index is 0.000000413. The maximum absolute atomic E-state index is 11.6. The van der Waals surface area contributed by atoms with Crippen LogP contribution in [0.2, 0.25) is 0 Å². The highest BCUT2D eigenvalue weighted by Crippen LogP contribution is 2.16. The molecule has 0 unspecified atom stereocenters. The number of nitrogens with zero attached hydrogens (tertiary/aromatic N) is 2. The third-order valence-electron chi connectivity index (χ3n) is 2.97. The molecule has 8 heteroatoms. The van der Waals surface area contributed by atoms with Crippen molar-refractivity contribution in [1.29, 1.82) is 0 Å². The predicted octanol–water partition coefficient (Wildman–Crippen LogP) is 2.08. The van der Waals surface area contributed by atoms with Gasteiger partial charge in [0, 0.05) is 38.2 Å². The number of hydrogen-bond acceptors (Lipinski definition) is 7. The summed E-state index contributed by atoms with van der Waals surface area (Å²) in [7, 11) is 3.27. The van der Waals surface area contributed by atoms with Gasteiger partial charge in [-0.25, -0.2) is 4.79 Å². The molecule has 0 atom stereocenters. The molecule has 0 radical (unpaired) electrons. The molecule has 0 fully saturated rings. The molecule has 1 aromatic carbocycles. The summed E-state index contributed by atoms with van der Waals surface area (Å²) in [5, 5.41) is 12.0. The number of benzene rings is 1. The van der Waals surface area contributed by atoms with Gasteiger partial charge in [-0.15, -0.1) is 5.06 Å². The second-order valence-electron chi connectivity index (χ2n) is 4.99. The van der Waals surface area contributed by atoms with Gasteiger partial charge in [-0.2, -0.15) is 0 Å². The molecular weight excluding hydrogens is 316 g/mol. The predicted molar refractivity (Wildman–Crippen MR) is 86.5 cm³/mol. The second-order valence-corrected chi connectivity index (χ2v) is 4.99. The minimum absolute atomic E-state index is 0.0190. The fraction of sp³-hybridized carbons (Fsp3) is 0.250.